The van der Waals surface area contributed by atoms with Crippen LogP contribution in [0.1, 0.15) is 21.5 Å². The molecule has 6 heteroatoms. The molecule has 0 fully saturated rings. The smallest absolute Gasteiger partial charge is 0.201 e. The van der Waals surface area contributed by atoms with Gasteiger partial charge in [0.05, 0.1) is 5.56 Å². The number of aryl methyl sites for hydroxylation is 1. The number of hydrogen-bond donors (Lipinski definition) is 5. The van der Waals surface area contributed by atoms with Crippen LogP contribution in [0.3, 0.4) is 0 Å². The lowest BCUT2D eigenvalue weighted by atomic mass is 9.99. The van der Waals surface area contributed by atoms with Crippen LogP contribution in [-0.2, 0) is 0 Å². The van der Waals surface area contributed by atoms with E-state index in [2.05, 4.69) is 0 Å². The fourth-order valence-electron chi connectivity index (χ4n) is 1.77. The topological polar surface area (TPSA) is 118 Å². The summed E-state index contributed by atoms with van der Waals surface area (Å²) in [5, 5.41) is 47.2. The lowest BCUT2D eigenvalue weighted by Gasteiger charge is -2.10. The van der Waals surface area contributed by atoms with Gasteiger partial charge in [0.1, 0.15) is 0 Å². The minimum Gasteiger partial charge on any atom is -0.504 e. The van der Waals surface area contributed by atoms with Gasteiger partial charge in [0.15, 0.2) is 28.8 Å². The highest BCUT2D eigenvalue weighted by atomic mass is 16.3. The second-order valence-electron chi connectivity index (χ2n) is 4.32. The van der Waals surface area contributed by atoms with Gasteiger partial charge in [-0.3, -0.25) is 4.79 Å². The van der Waals surface area contributed by atoms with Crippen molar-refractivity contribution in [3.05, 3.63) is 41.0 Å². The molecule has 0 bridgehead atoms. The van der Waals surface area contributed by atoms with E-state index in [0.29, 0.717) is 0 Å². The van der Waals surface area contributed by atoms with Gasteiger partial charge in [0, 0.05) is 5.56 Å². The van der Waals surface area contributed by atoms with Gasteiger partial charge >= 0.3 is 0 Å². The van der Waals surface area contributed by atoms with Crippen LogP contribution in [0.25, 0.3) is 0 Å². The van der Waals surface area contributed by atoms with Gasteiger partial charge in [-0.25, -0.2) is 0 Å². The summed E-state index contributed by atoms with van der Waals surface area (Å²) >= 11 is 0. The predicted molar refractivity (Wildman–Crippen MR) is 69.4 cm³/mol. The van der Waals surface area contributed by atoms with E-state index in [4.69, 9.17) is 0 Å². The predicted octanol–water partition coefficient (Wildman–Crippen LogP) is 1.75. The zero-order valence-corrected chi connectivity index (χ0v) is 10.5. The molecule has 5 N–H and O–H groups in total. The number of phenols is 5. The summed E-state index contributed by atoms with van der Waals surface area (Å²) in [4.78, 5) is 12.2. The Bertz CT molecular complexity index is 705. The van der Waals surface area contributed by atoms with Crippen molar-refractivity contribution >= 4 is 5.78 Å². The molecule has 0 spiro atoms. The average Bonchev–Trinajstić information content (AvgIpc) is 2.43. The molecule has 0 atom stereocenters. The fourth-order valence-corrected chi connectivity index (χ4v) is 1.77. The van der Waals surface area contributed by atoms with Crippen molar-refractivity contribution < 1.29 is 30.3 Å². The van der Waals surface area contributed by atoms with E-state index in [-0.39, 0.29) is 22.4 Å². The Morgan fingerprint density at radius 3 is 2.10 bits per heavy atom. The Kier molecular flexibility index (Phi) is 3.15. The third-order valence-corrected chi connectivity index (χ3v) is 2.92. The number of hydrogen-bond acceptors (Lipinski definition) is 6. The van der Waals surface area contributed by atoms with Crippen molar-refractivity contribution in [1.29, 1.82) is 0 Å². The molecule has 0 heterocycles. The van der Waals surface area contributed by atoms with Crippen LogP contribution in [0.5, 0.6) is 28.7 Å². The molecular weight excluding hydrogens is 264 g/mol. The maximum atomic E-state index is 12.2. The van der Waals surface area contributed by atoms with Crippen molar-refractivity contribution in [3.63, 3.8) is 0 Å². The zero-order valence-electron chi connectivity index (χ0n) is 10.5. The maximum Gasteiger partial charge on any atom is 0.201 e. The molecule has 20 heavy (non-hydrogen) atoms. The van der Waals surface area contributed by atoms with Gasteiger partial charge in [-0.1, -0.05) is 0 Å². The number of carbonyl (C=O) groups excluding carboxylic acids is 1. The van der Waals surface area contributed by atoms with Crippen LogP contribution in [-0.4, -0.2) is 31.3 Å². The normalized spacial score (nSPS) is 10.4. The van der Waals surface area contributed by atoms with Crippen molar-refractivity contribution in [3.8, 4) is 28.7 Å². The van der Waals surface area contributed by atoms with Gasteiger partial charge in [-0.05, 0) is 36.8 Å². The first-order chi connectivity index (χ1) is 9.32. The van der Waals surface area contributed by atoms with Crippen molar-refractivity contribution in [2.75, 3.05) is 0 Å². The highest BCUT2D eigenvalue weighted by molar-refractivity contribution is 6.11. The van der Waals surface area contributed by atoms with Gasteiger partial charge in [0.2, 0.25) is 5.75 Å². The third-order valence-electron chi connectivity index (χ3n) is 2.92. The second kappa shape index (κ2) is 4.65. The molecule has 0 saturated carbocycles. The highest BCUT2D eigenvalue weighted by Gasteiger charge is 2.21. The number of aromatic hydroxyl groups is 5. The minimum atomic E-state index is -0.781. The van der Waals surface area contributed by atoms with E-state index in [9.17, 15) is 30.3 Å². The monoisotopic (exact) mass is 276 g/mol. The summed E-state index contributed by atoms with van der Waals surface area (Å²) in [7, 11) is 0. The van der Waals surface area contributed by atoms with Crippen LogP contribution in [0.2, 0.25) is 0 Å². The molecule has 0 aliphatic carbocycles. The molecule has 104 valence electrons. The molecule has 2 rings (SSSR count). The molecule has 6 nitrogen and oxygen atoms in total. The average molecular weight is 276 g/mol. The van der Waals surface area contributed by atoms with Gasteiger partial charge in [-0.15, -0.1) is 0 Å². The van der Waals surface area contributed by atoms with Gasteiger partial charge in [-0.2, -0.15) is 0 Å². The first-order valence-electron chi connectivity index (χ1n) is 5.64. The van der Waals surface area contributed by atoms with E-state index in [1.807, 2.05) is 0 Å². The lowest BCUT2D eigenvalue weighted by Crippen LogP contribution is -2.02. The van der Waals surface area contributed by atoms with E-state index >= 15 is 0 Å². The van der Waals surface area contributed by atoms with Crippen LogP contribution in [0.4, 0.5) is 0 Å². The lowest BCUT2D eigenvalue weighted by molar-refractivity contribution is 0.103. The Labute approximate surface area is 113 Å². The summed E-state index contributed by atoms with van der Waals surface area (Å²) in [5.41, 5.74) is 0.00892. The Balaban J connectivity index is 2.56. The number of phenolic OH excluding ortho intramolecular Hbond substituents is 5. The summed E-state index contributed by atoms with van der Waals surface area (Å²) in [6.45, 7) is 1.46. The number of benzene rings is 2. The van der Waals surface area contributed by atoms with Crippen LogP contribution < -0.4 is 0 Å². The second-order valence-corrected chi connectivity index (χ2v) is 4.32. The third kappa shape index (κ3) is 2.07. The SMILES string of the molecule is Cc1cc(C(=O)c2ccc(O)c(O)c2)c(O)c(O)c1O. The van der Waals surface area contributed by atoms with Crippen LogP contribution in [0.15, 0.2) is 24.3 Å². The van der Waals surface area contributed by atoms with E-state index in [1.54, 1.807) is 0 Å². The van der Waals surface area contributed by atoms with Crippen molar-refractivity contribution in [1.82, 2.24) is 0 Å². The Morgan fingerprint density at radius 2 is 1.50 bits per heavy atom. The van der Waals surface area contributed by atoms with E-state index in [1.165, 1.54) is 19.1 Å². The zero-order chi connectivity index (χ0) is 15.0. The fraction of sp³-hybridized carbons (Fsp3) is 0.0714. The quantitative estimate of drug-likeness (QED) is 0.421. The number of rotatable bonds is 2. The Morgan fingerprint density at radius 1 is 0.850 bits per heavy atom. The summed E-state index contributed by atoms with van der Waals surface area (Å²) in [6, 6.07) is 4.65. The van der Waals surface area contributed by atoms with Crippen molar-refractivity contribution in [2.24, 2.45) is 0 Å². The molecule has 0 aliphatic heterocycles. The molecule has 0 radical (unpaired) electrons. The van der Waals surface area contributed by atoms with Crippen LogP contribution >= 0.6 is 0 Å². The molecule has 2 aromatic rings. The highest BCUT2D eigenvalue weighted by Crippen LogP contribution is 2.41. The number of ketones is 1. The van der Waals surface area contributed by atoms with E-state index in [0.717, 1.165) is 12.1 Å². The molecule has 0 aliphatic rings. The molecule has 2 aromatic carbocycles. The Hall–Kier alpha value is -2.89. The first-order valence-corrected chi connectivity index (χ1v) is 5.64. The molecule has 0 unspecified atom stereocenters. The molecule has 0 amide bonds. The number of carbonyl (C=O) groups is 1. The molecule has 0 saturated heterocycles. The summed E-state index contributed by atoms with van der Waals surface area (Å²) < 4.78 is 0. The maximum absolute atomic E-state index is 12.2. The van der Waals surface area contributed by atoms with Crippen LogP contribution in [0, 0.1) is 6.92 Å². The van der Waals surface area contributed by atoms with E-state index < -0.39 is 28.8 Å². The standard InChI is InChI=1S/C14H12O6/c1-6-4-8(13(19)14(20)11(6)17)12(18)7-2-3-9(15)10(16)5-7/h2-5,15-17,19-20H,1H3. The summed E-state index contributed by atoms with van der Waals surface area (Å²) in [5.74, 6) is -3.56. The molecule has 0 aromatic heterocycles. The molecular formula is C14H12O6. The van der Waals surface area contributed by atoms with Gasteiger partial charge in [0.25, 0.3) is 0 Å². The van der Waals surface area contributed by atoms with Crippen molar-refractivity contribution in [2.45, 2.75) is 6.92 Å². The first kappa shape index (κ1) is 13.5. The minimum absolute atomic E-state index is 0.0140. The summed E-state index contributed by atoms with van der Waals surface area (Å²) in [6.07, 6.45) is 0. The largest absolute Gasteiger partial charge is 0.504 e. The van der Waals surface area contributed by atoms with Gasteiger partial charge < -0.3 is 25.5 Å².